The van der Waals surface area contributed by atoms with Crippen molar-refractivity contribution in [2.75, 3.05) is 38.0 Å². The molecule has 2 rings (SSSR count). The van der Waals surface area contributed by atoms with E-state index < -0.39 is 9.84 Å². The maximum Gasteiger partial charge on any atom is 0.208 e. The summed E-state index contributed by atoms with van der Waals surface area (Å²) in [6.45, 7) is 1.94. The Morgan fingerprint density at radius 1 is 0.818 bits per heavy atom. The van der Waals surface area contributed by atoms with Gasteiger partial charge in [-0.05, 0) is 37.3 Å². The summed E-state index contributed by atoms with van der Waals surface area (Å²) in [5.74, 6) is 0. The maximum atomic E-state index is 13.0. The van der Waals surface area contributed by atoms with Crippen molar-refractivity contribution < 1.29 is 8.42 Å². The molecule has 0 bridgehead atoms. The highest BCUT2D eigenvalue weighted by Crippen LogP contribution is 2.32. The van der Waals surface area contributed by atoms with Crippen LogP contribution in [0.4, 0.5) is 11.4 Å². The van der Waals surface area contributed by atoms with Crippen LogP contribution in [0.15, 0.2) is 52.3 Å². The third-order valence-corrected chi connectivity index (χ3v) is 5.36. The second kappa shape index (κ2) is 6.01. The van der Waals surface area contributed by atoms with E-state index >= 15 is 0 Å². The molecule has 0 saturated heterocycles. The Labute approximate surface area is 132 Å². The zero-order valence-corrected chi connectivity index (χ0v) is 14.5. The summed E-state index contributed by atoms with van der Waals surface area (Å²) in [5.41, 5.74) is 2.58. The Morgan fingerprint density at radius 3 is 1.91 bits per heavy atom. The lowest BCUT2D eigenvalue weighted by molar-refractivity contribution is 0.596. The number of hydrogen-bond donors (Lipinski definition) is 0. The van der Waals surface area contributed by atoms with Crippen LogP contribution in [0.3, 0.4) is 0 Å². The van der Waals surface area contributed by atoms with Gasteiger partial charge in [-0.25, -0.2) is 8.42 Å². The van der Waals surface area contributed by atoms with E-state index in [1.807, 2.05) is 69.2 Å². The van der Waals surface area contributed by atoms with Crippen LogP contribution in [0.1, 0.15) is 5.56 Å². The normalized spacial score (nSPS) is 11.3. The van der Waals surface area contributed by atoms with Gasteiger partial charge in [0.1, 0.15) is 0 Å². The first-order valence-corrected chi connectivity index (χ1v) is 8.52. The second-order valence-corrected chi connectivity index (χ2v) is 7.68. The highest BCUT2D eigenvalue weighted by atomic mass is 32.2. The molecule has 0 fully saturated rings. The molecule has 22 heavy (non-hydrogen) atoms. The van der Waals surface area contributed by atoms with E-state index in [1.165, 1.54) is 0 Å². The maximum absolute atomic E-state index is 13.0. The highest BCUT2D eigenvalue weighted by molar-refractivity contribution is 7.91. The van der Waals surface area contributed by atoms with E-state index in [-0.39, 0.29) is 0 Å². The first kappa shape index (κ1) is 16.4. The summed E-state index contributed by atoms with van der Waals surface area (Å²) >= 11 is 0. The van der Waals surface area contributed by atoms with Gasteiger partial charge in [0.2, 0.25) is 9.84 Å². The quantitative estimate of drug-likeness (QED) is 0.869. The lowest BCUT2D eigenvalue weighted by Crippen LogP contribution is -2.16. The van der Waals surface area contributed by atoms with E-state index in [0.717, 1.165) is 11.3 Å². The highest BCUT2D eigenvalue weighted by Gasteiger charge is 2.23. The number of sulfone groups is 1. The zero-order valence-electron chi connectivity index (χ0n) is 13.7. The Kier molecular flexibility index (Phi) is 4.47. The Hall–Kier alpha value is -2.01. The van der Waals surface area contributed by atoms with E-state index in [2.05, 4.69) is 0 Å². The van der Waals surface area contributed by atoms with Crippen molar-refractivity contribution in [2.24, 2.45) is 0 Å². The molecule has 0 aromatic heterocycles. The average molecular weight is 318 g/mol. The number of hydrogen-bond acceptors (Lipinski definition) is 4. The van der Waals surface area contributed by atoms with Gasteiger partial charge in [-0.3, -0.25) is 0 Å². The van der Waals surface area contributed by atoms with Crippen molar-refractivity contribution >= 4 is 21.2 Å². The lowest BCUT2D eigenvalue weighted by atomic mass is 10.2. The van der Waals surface area contributed by atoms with Gasteiger partial charge in [0.15, 0.2) is 0 Å². The SMILES string of the molecule is Cc1ccc(S(=O)(=O)c2cc(N(C)C)ccc2N(C)C)cc1. The van der Waals surface area contributed by atoms with E-state index in [0.29, 0.717) is 15.5 Å². The van der Waals surface area contributed by atoms with Crippen molar-refractivity contribution in [1.82, 2.24) is 0 Å². The smallest absolute Gasteiger partial charge is 0.208 e. The second-order valence-electron chi connectivity index (χ2n) is 5.76. The standard InChI is InChI=1S/C17H22N2O2S/c1-13-6-9-15(10-7-13)22(20,21)17-12-14(18(2)3)8-11-16(17)19(4)5/h6-12H,1-5H3. The predicted molar refractivity (Wildman–Crippen MR) is 91.7 cm³/mol. The molecule has 0 aliphatic heterocycles. The van der Waals surface area contributed by atoms with Gasteiger partial charge >= 0.3 is 0 Å². The summed E-state index contributed by atoms with van der Waals surface area (Å²) in [4.78, 5) is 4.36. The largest absolute Gasteiger partial charge is 0.378 e. The number of aryl methyl sites for hydroxylation is 1. The molecule has 0 saturated carbocycles. The first-order chi connectivity index (χ1) is 10.2. The zero-order chi connectivity index (χ0) is 16.5. The third-order valence-electron chi connectivity index (χ3n) is 3.56. The van der Waals surface area contributed by atoms with E-state index in [4.69, 9.17) is 0 Å². The minimum absolute atomic E-state index is 0.317. The van der Waals surface area contributed by atoms with Gasteiger partial charge < -0.3 is 9.80 Å². The summed E-state index contributed by atoms with van der Waals surface area (Å²) in [7, 11) is 3.93. The van der Waals surface area contributed by atoms with Gasteiger partial charge in [-0.15, -0.1) is 0 Å². The molecular formula is C17H22N2O2S. The lowest BCUT2D eigenvalue weighted by Gasteiger charge is -2.21. The minimum atomic E-state index is -3.56. The molecule has 0 amide bonds. The van der Waals surface area contributed by atoms with Gasteiger partial charge in [0, 0.05) is 33.9 Å². The van der Waals surface area contributed by atoms with Crippen molar-refractivity contribution in [3.8, 4) is 0 Å². The fourth-order valence-electron chi connectivity index (χ4n) is 2.21. The molecule has 0 atom stereocenters. The summed E-state index contributed by atoms with van der Waals surface area (Å²) in [5, 5.41) is 0. The van der Waals surface area contributed by atoms with Crippen LogP contribution in [0.2, 0.25) is 0 Å². The Balaban J connectivity index is 2.67. The molecule has 0 N–H and O–H groups in total. The molecule has 0 spiro atoms. The molecule has 0 unspecified atom stereocenters. The Bertz CT molecular complexity index is 764. The van der Waals surface area contributed by atoms with Crippen LogP contribution in [-0.2, 0) is 9.84 Å². The van der Waals surface area contributed by atoms with Crippen LogP contribution in [0.5, 0.6) is 0 Å². The fraction of sp³-hybridized carbons (Fsp3) is 0.294. The van der Waals surface area contributed by atoms with Crippen LogP contribution in [-0.4, -0.2) is 36.6 Å². The minimum Gasteiger partial charge on any atom is -0.378 e. The molecule has 0 aliphatic carbocycles. The fourth-order valence-corrected chi connectivity index (χ4v) is 3.76. The van der Waals surface area contributed by atoms with Gasteiger partial charge in [0.05, 0.1) is 15.5 Å². The molecule has 0 radical (unpaired) electrons. The molecular weight excluding hydrogens is 296 g/mol. The van der Waals surface area contributed by atoms with Crippen LogP contribution >= 0.6 is 0 Å². The van der Waals surface area contributed by atoms with Gasteiger partial charge in [-0.2, -0.15) is 0 Å². The number of benzene rings is 2. The van der Waals surface area contributed by atoms with E-state index in [1.54, 1.807) is 18.2 Å². The van der Waals surface area contributed by atoms with Gasteiger partial charge in [0.25, 0.3) is 0 Å². The molecule has 4 nitrogen and oxygen atoms in total. The molecule has 2 aromatic rings. The van der Waals surface area contributed by atoms with Gasteiger partial charge in [-0.1, -0.05) is 17.7 Å². The monoisotopic (exact) mass is 318 g/mol. The summed E-state index contributed by atoms with van der Waals surface area (Å²) in [6.07, 6.45) is 0. The third kappa shape index (κ3) is 3.09. The summed E-state index contributed by atoms with van der Waals surface area (Å²) < 4.78 is 26.0. The molecule has 0 aliphatic rings. The number of rotatable bonds is 4. The first-order valence-electron chi connectivity index (χ1n) is 7.04. The van der Waals surface area contributed by atoms with Crippen molar-refractivity contribution in [3.05, 3.63) is 48.0 Å². The van der Waals surface area contributed by atoms with Crippen molar-refractivity contribution in [3.63, 3.8) is 0 Å². The predicted octanol–water partition coefficient (Wildman–Crippen LogP) is 2.96. The topological polar surface area (TPSA) is 40.6 Å². The van der Waals surface area contributed by atoms with Crippen molar-refractivity contribution in [2.45, 2.75) is 16.7 Å². The molecule has 2 aromatic carbocycles. The number of anilines is 2. The van der Waals surface area contributed by atoms with Crippen LogP contribution in [0.25, 0.3) is 0 Å². The van der Waals surface area contributed by atoms with Crippen LogP contribution < -0.4 is 9.80 Å². The van der Waals surface area contributed by atoms with Crippen LogP contribution in [0, 0.1) is 6.92 Å². The molecule has 0 heterocycles. The molecule has 118 valence electrons. The summed E-state index contributed by atoms with van der Waals surface area (Å²) in [6, 6.07) is 12.4. The Morgan fingerprint density at radius 2 is 1.41 bits per heavy atom. The molecule has 5 heteroatoms. The van der Waals surface area contributed by atoms with E-state index in [9.17, 15) is 8.42 Å². The van der Waals surface area contributed by atoms with Crippen molar-refractivity contribution in [1.29, 1.82) is 0 Å². The average Bonchev–Trinajstić information content (AvgIpc) is 2.46. The number of nitrogens with zero attached hydrogens (tertiary/aromatic N) is 2.